The van der Waals surface area contributed by atoms with Crippen molar-refractivity contribution in [2.75, 3.05) is 0 Å². The fraction of sp³-hybridized carbons (Fsp3) is 0.292. The van der Waals surface area contributed by atoms with Gasteiger partial charge in [0.1, 0.15) is 5.82 Å². The van der Waals surface area contributed by atoms with Crippen LogP contribution in [0.3, 0.4) is 0 Å². The zero-order valence-electron chi connectivity index (χ0n) is 16.2. The van der Waals surface area contributed by atoms with E-state index in [0.29, 0.717) is 5.92 Å². The first kappa shape index (κ1) is 19.0. The summed E-state index contributed by atoms with van der Waals surface area (Å²) < 4.78 is 0. The molecule has 0 saturated heterocycles. The molecule has 0 bridgehead atoms. The lowest BCUT2D eigenvalue weighted by atomic mass is 9.85. The van der Waals surface area contributed by atoms with Crippen molar-refractivity contribution in [1.82, 2.24) is 9.97 Å². The van der Waals surface area contributed by atoms with Crippen LogP contribution in [0.5, 0.6) is 0 Å². The number of allylic oxidation sites excluding steroid dienone is 2. The summed E-state index contributed by atoms with van der Waals surface area (Å²) in [6.07, 6.45) is 6.73. The summed E-state index contributed by atoms with van der Waals surface area (Å²) in [7, 11) is 0. The average molecular weight is 393 g/mol. The molecule has 1 aromatic heterocycles. The number of halogens is 1. The van der Waals surface area contributed by atoms with Gasteiger partial charge in [-0.15, -0.1) is 0 Å². The molecule has 1 aliphatic carbocycles. The molecule has 0 radical (unpaired) electrons. The number of fused-ring (bicyclic) bond motifs is 1. The minimum absolute atomic E-state index is 0.462. The lowest BCUT2D eigenvalue weighted by molar-refractivity contribution is 0.235. The van der Waals surface area contributed by atoms with E-state index >= 15 is 0 Å². The summed E-state index contributed by atoms with van der Waals surface area (Å²) in [4.78, 5) is 8.20. The molecule has 28 heavy (non-hydrogen) atoms. The third-order valence-electron chi connectivity index (χ3n) is 5.32. The first-order chi connectivity index (χ1) is 13.5. The van der Waals surface area contributed by atoms with Crippen LogP contribution in [0.4, 0.5) is 0 Å². The van der Waals surface area contributed by atoms with Gasteiger partial charge in [0, 0.05) is 11.4 Å². The van der Waals surface area contributed by atoms with E-state index in [0.717, 1.165) is 57.9 Å². The molecule has 2 unspecified atom stereocenters. The molecule has 0 spiro atoms. The maximum Gasteiger partial charge on any atom is 0.107 e. The molecule has 2 aromatic carbocycles. The van der Waals surface area contributed by atoms with Gasteiger partial charge in [-0.05, 0) is 72.2 Å². The van der Waals surface area contributed by atoms with Gasteiger partial charge in [-0.1, -0.05) is 48.9 Å². The summed E-state index contributed by atoms with van der Waals surface area (Å²) in [5.74, 6) is 1.45. The Hall–Kier alpha value is -2.36. The highest BCUT2D eigenvalue weighted by molar-refractivity contribution is 6.30. The van der Waals surface area contributed by atoms with Crippen LogP contribution in [0.15, 0.2) is 60.2 Å². The number of hydrogen-bond donors (Lipinski definition) is 2. The Labute approximate surface area is 170 Å². The van der Waals surface area contributed by atoms with Crippen LogP contribution in [0.25, 0.3) is 16.6 Å². The molecular weight excluding hydrogens is 368 g/mol. The predicted molar refractivity (Wildman–Crippen MR) is 116 cm³/mol. The number of imidazole rings is 1. The van der Waals surface area contributed by atoms with Gasteiger partial charge in [0.25, 0.3) is 0 Å². The molecule has 2 N–H and O–H groups in total. The Morgan fingerprint density at radius 2 is 1.96 bits per heavy atom. The monoisotopic (exact) mass is 392 g/mol. The quantitative estimate of drug-likeness (QED) is 0.582. The molecule has 3 nitrogen and oxygen atoms in total. The Bertz CT molecular complexity index is 1040. The van der Waals surface area contributed by atoms with Gasteiger partial charge in [-0.3, -0.25) is 0 Å². The zero-order chi connectivity index (χ0) is 19.7. The van der Waals surface area contributed by atoms with Crippen LogP contribution < -0.4 is 0 Å². The third kappa shape index (κ3) is 4.06. The number of aromatic nitrogens is 2. The standard InChI is InChI=1S/C24H25ClN2O/c1-15-3-10-20(21(13-15)16(2)28)18-7-11-22-23(14-18)27-24(26-22)12-6-17-4-8-19(25)9-5-17/h4-5,7-11,13-16,28H,3,6,12H2,1-2H3,(H,26,27). The summed E-state index contributed by atoms with van der Waals surface area (Å²) in [5.41, 5.74) is 6.53. The molecule has 3 aromatic rings. The first-order valence-electron chi connectivity index (χ1n) is 9.83. The van der Waals surface area contributed by atoms with Crippen LogP contribution >= 0.6 is 11.6 Å². The van der Waals surface area contributed by atoms with Gasteiger partial charge in [0.2, 0.25) is 0 Å². The van der Waals surface area contributed by atoms with E-state index in [4.69, 9.17) is 16.6 Å². The lowest BCUT2D eigenvalue weighted by Crippen LogP contribution is -2.12. The number of aromatic amines is 1. The molecule has 0 fully saturated rings. The molecule has 144 valence electrons. The fourth-order valence-corrected chi connectivity index (χ4v) is 3.92. The van der Waals surface area contributed by atoms with Crippen LogP contribution in [0.2, 0.25) is 5.02 Å². The molecule has 4 rings (SSSR count). The van der Waals surface area contributed by atoms with E-state index in [1.165, 1.54) is 5.56 Å². The number of H-pyrrole nitrogens is 1. The van der Waals surface area contributed by atoms with Crippen molar-refractivity contribution in [2.45, 2.75) is 39.2 Å². The van der Waals surface area contributed by atoms with Crippen molar-refractivity contribution in [1.29, 1.82) is 0 Å². The van der Waals surface area contributed by atoms with E-state index in [-0.39, 0.29) is 0 Å². The number of aliphatic hydroxyl groups is 1. The highest BCUT2D eigenvalue weighted by atomic mass is 35.5. The minimum atomic E-state index is -0.471. The highest BCUT2D eigenvalue weighted by Crippen LogP contribution is 2.33. The Kier molecular flexibility index (Phi) is 5.38. The molecule has 4 heteroatoms. The summed E-state index contributed by atoms with van der Waals surface area (Å²) in [6, 6.07) is 14.3. The van der Waals surface area contributed by atoms with Gasteiger partial charge in [-0.2, -0.15) is 0 Å². The van der Waals surface area contributed by atoms with Crippen LogP contribution in [-0.2, 0) is 12.8 Å². The van der Waals surface area contributed by atoms with Crippen molar-refractivity contribution in [3.63, 3.8) is 0 Å². The Morgan fingerprint density at radius 1 is 1.18 bits per heavy atom. The van der Waals surface area contributed by atoms with E-state index in [9.17, 15) is 5.11 Å². The number of hydrogen-bond acceptors (Lipinski definition) is 2. The van der Waals surface area contributed by atoms with Gasteiger partial charge in [0.05, 0.1) is 17.1 Å². The maximum absolute atomic E-state index is 10.2. The van der Waals surface area contributed by atoms with E-state index in [1.807, 2.05) is 19.1 Å². The number of nitrogens with zero attached hydrogens (tertiary/aromatic N) is 1. The van der Waals surface area contributed by atoms with E-state index in [2.05, 4.69) is 54.4 Å². The number of aryl methyl sites for hydroxylation is 2. The van der Waals surface area contributed by atoms with Crippen LogP contribution in [0.1, 0.15) is 37.2 Å². The van der Waals surface area contributed by atoms with E-state index in [1.54, 1.807) is 0 Å². The summed E-state index contributed by atoms with van der Waals surface area (Å²) >= 11 is 5.96. The minimum Gasteiger partial charge on any atom is -0.389 e. The van der Waals surface area contributed by atoms with Crippen molar-refractivity contribution in [2.24, 2.45) is 5.92 Å². The predicted octanol–water partition coefficient (Wildman–Crippen LogP) is 5.73. The zero-order valence-corrected chi connectivity index (χ0v) is 17.0. The lowest BCUT2D eigenvalue weighted by Gasteiger charge is -2.22. The normalized spacial score (nSPS) is 18.1. The number of aliphatic hydroxyl groups excluding tert-OH is 1. The molecule has 0 amide bonds. The van der Waals surface area contributed by atoms with Crippen molar-refractivity contribution < 1.29 is 5.11 Å². The topological polar surface area (TPSA) is 48.9 Å². The Balaban J connectivity index is 1.56. The third-order valence-corrected chi connectivity index (χ3v) is 5.58. The average Bonchev–Trinajstić information content (AvgIpc) is 3.09. The molecule has 0 aliphatic heterocycles. The SMILES string of the molecule is CC1C=C(C(C)O)C(c2ccc3nc(CCc4ccc(Cl)cc4)[nH]c3c2)=CC1. The second kappa shape index (κ2) is 7.94. The van der Waals surface area contributed by atoms with E-state index < -0.39 is 6.10 Å². The summed E-state index contributed by atoms with van der Waals surface area (Å²) in [5, 5.41) is 11.0. The molecule has 2 atom stereocenters. The Morgan fingerprint density at radius 3 is 2.71 bits per heavy atom. The molecular formula is C24H25ClN2O. The smallest absolute Gasteiger partial charge is 0.107 e. The van der Waals surface area contributed by atoms with Gasteiger partial charge < -0.3 is 10.1 Å². The van der Waals surface area contributed by atoms with Gasteiger partial charge >= 0.3 is 0 Å². The van der Waals surface area contributed by atoms with Crippen molar-refractivity contribution in [3.05, 3.63) is 82.2 Å². The number of benzene rings is 2. The fourth-order valence-electron chi connectivity index (χ4n) is 3.80. The second-order valence-corrected chi connectivity index (χ2v) is 8.11. The number of nitrogens with one attached hydrogen (secondary N) is 1. The molecule has 1 heterocycles. The largest absolute Gasteiger partial charge is 0.389 e. The van der Waals surface area contributed by atoms with Gasteiger partial charge in [-0.25, -0.2) is 4.98 Å². The second-order valence-electron chi connectivity index (χ2n) is 7.67. The van der Waals surface area contributed by atoms with Crippen LogP contribution in [0, 0.1) is 5.92 Å². The number of rotatable bonds is 5. The first-order valence-corrected chi connectivity index (χ1v) is 10.2. The highest BCUT2D eigenvalue weighted by Gasteiger charge is 2.19. The van der Waals surface area contributed by atoms with Crippen molar-refractivity contribution >= 4 is 28.2 Å². The molecule has 0 saturated carbocycles. The van der Waals surface area contributed by atoms with Crippen molar-refractivity contribution in [3.8, 4) is 0 Å². The summed E-state index contributed by atoms with van der Waals surface area (Å²) in [6.45, 7) is 4.02. The van der Waals surface area contributed by atoms with Crippen LogP contribution in [-0.4, -0.2) is 21.2 Å². The molecule has 1 aliphatic rings. The van der Waals surface area contributed by atoms with Gasteiger partial charge in [0.15, 0.2) is 0 Å². The maximum atomic E-state index is 10.2.